The average molecular weight is 605 g/mol. The van der Waals surface area contributed by atoms with Crippen molar-refractivity contribution in [3.05, 3.63) is 65.9 Å². The van der Waals surface area contributed by atoms with Crippen LogP contribution in [-0.2, 0) is 27.5 Å². The van der Waals surface area contributed by atoms with Gasteiger partial charge in [0.25, 0.3) is 5.91 Å². The van der Waals surface area contributed by atoms with Crippen molar-refractivity contribution in [1.82, 2.24) is 20.4 Å². The fourth-order valence-electron chi connectivity index (χ4n) is 5.48. The van der Waals surface area contributed by atoms with Crippen LogP contribution in [0.25, 0.3) is 11.3 Å². The molecule has 1 unspecified atom stereocenters. The highest BCUT2D eigenvalue weighted by atomic mass is 16.5. The zero-order valence-electron chi connectivity index (χ0n) is 26.1. The summed E-state index contributed by atoms with van der Waals surface area (Å²) in [5.41, 5.74) is 2.75. The number of ether oxygens (including phenoxy) is 3. The van der Waals surface area contributed by atoms with Crippen LogP contribution < -0.4 is 20.1 Å². The lowest BCUT2D eigenvalue weighted by Gasteiger charge is -2.23. The van der Waals surface area contributed by atoms with Gasteiger partial charge in [0, 0.05) is 19.0 Å². The Hall–Kier alpha value is -4.34. The molecule has 10 heteroatoms. The number of esters is 1. The SMILES string of the molecule is COC(=O)CNC(=O)CC(NC(=O)c1cc(-c2c(OC)cccc2OCc2ccccc2)n(CC2CCCCC2)n1)C(C)C. The van der Waals surface area contributed by atoms with Crippen molar-refractivity contribution >= 4 is 17.8 Å². The maximum atomic E-state index is 13.6. The van der Waals surface area contributed by atoms with E-state index in [1.807, 2.05) is 67.1 Å². The van der Waals surface area contributed by atoms with Crippen molar-refractivity contribution in [1.29, 1.82) is 0 Å². The van der Waals surface area contributed by atoms with Crippen molar-refractivity contribution in [2.45, 2.75) is 71.6 Å². The average Bonchev–Trinajstić information content (AvgIpc) is 3.46. The first-order chi connectivity index (χ1) is 21.3. The Morgan fingerprint density at radius 2 is 1.70 bits per heavy atom. The summed E-state index contributed by atoms with van der Waals surface area (Å²) in [6, 6.07) is 16.9. The van der Waals surface area contributed by atoms with Crippen LogP contribution in [0.3, 0.4) is 0 Å². The van der Waals surface area contributed by atoms with Crippen LogP contribution in [0.1, 0.15) is 68.4 Å². The van der Waals surface area contributed by atoms with Gasteiger partial charge in [0.1, 0.15) is 24.7 Å². The smallest absolute Gasteiger partial charge is 0.325 e. The van der Waals surface area contributed by atoms with Crippen LogP contribution in [0.4, 0.5) is 0 Å². The lowest BCUT2D eigenvalue weighted by Crippen LogP contribution is -2.43. The number of hydrogen-bond acceptors (Lipinski definition) is 7. The molecular formula is C34H44N4O6. The van der Waals surface area contributed by atoms with Gasteiger partial charge in [-0.25, -0.2) is 0 Å². The van der Waals surface area contributed by atoms with Crippen LogP contribution in [0, 0.1) is 11.8 Å². The Labute approximate surface area is 259 Å². The van der Waals surface area contributed by atoms with Crippen molar-refractivity contribution < 1.29 is 28.6 Å². The Bertz CT molecular complexity index is 1400. The summed E-state index contributed by atoms with van der Waals surface area (Å²) in [6.07, 6.45) is 5.84. The van der Waals surface area contributed by atoms with Gasteiger partial charge in [0.05, 0.1) is 25.5 Å². The number of benzene rings is 2. The number of carbonyl (C=O) groups excluding carboxylic acids is 3. The number of hydrogen-bond donors (Lipinski definition) is 2. The minimum Gasteiger partial charge on any atom is -0.496 e. The molecule has 1 atom stereocenters. The summed E-state index contributed by atoms with van der Waals surface area (Å²) in [7, 11) is 2.88. The zero-order valence-corrected chi connectivity index (χ0v) is 26.1. The minimum atomic E-state index is -0.539. The van der Waals surface area contributed by atoms with Gasteiger partial charge in [-0.05, 0) is 48.4 Å². The molecule has 0 radical (unpaired) electrons. The molecule has 0 spiro atoms. The molecule has 2 N–H and O–H groups in total. The van der Waals surface area contributed by atoms with Gasteiger partial charge in [0.15, 0.2) is 5.69 Å². The van der Waals surface area contributed by atoms with Crippen molar-refractivity contribution in [3.63, 3.8) is 0 Å². The molecule has 1 aliphatic carbocycles. The van der Waals surface area contributed by atoms with Crippen molar-refractivity contribution in [2.75, 3.05) is 20.8 Å². The lowest BCUT2D eigenvalue weighted by atomic mass is 9.89. The Morgan fingerprint density at radius 1 is 0.977 bits per heavy atom. The molecule has 0 saturated heterocycles. The summed E-state index contributed by atoms with van der Waals surface area (Å²) in [5.74, 6) is 0.384. The summed E-state index contributed by atoms with van der Waals surface area (Å²) < 4.78 is 18.6. The normalized spacial score (nSPS) is 14.1. The predicted octanol–water partition coefficient (Wildman–Crippen LogP) is 5.15. The highest BCUT2D eigenvalue weighted by Gasteiger charge is 2.27. The summed E-state index contributed by atoms with van der Waals surface area (Å²) in [6.45, 7) is 4.67. The van der Waals surface area contributed by atoms with E-state index in [1.165, 1.54) is 26.4 Å². The maximum Gasteiger partial charge on any atom is 0.325 e. The molecule has 1 fully saturated rings. The van der Waals surface area contributed by atoms with Crippen LogP contribution in [-0.4, -0.2) is 54.4 Å². The molecule has 1 aromatic heterocycles. The molecule has 1 aliphatic rings. The Morgan fingerprint density at radius 3 is 2.39 bits per heavy atom. The number of rotatable bonds is 14. The third-order valence-electron chi connectivity index (χ3n) is 8.05. The van der Waals surface area contributed by atoms with Crippen LogP contribution in [0.15, 0.2) is 54.6 Å². The second-order valence-corrected chi connectivity index (χ2v) is 11.6. The molecule has 1 heterocycles. The van der Waals surface area contributed by atoms with Gasteiger partial charge in [-0.15, -0.1) is 0 Å². The van der Waals surface area contributed by atoms with Gasteiger partial charge in [0.2, 0.25) is 5.91 Å². The van der Waals surface area contributed by atoms with E-state index >= 15 is 0 Å². The number of carbonyl (C=O) groups is 3. The highest BCUT2D eigenvalue weighted by molar-refractivity contribution is 5.94. The molecule has 3 aromatic rings. The van der Waals surface area contributed by atoms with Crippen molar-refractivity contribution in [2.24, 2.45) is 11.8 Å². The Balaban J connectivity index is 1.63. The Kier molecular flexibility index (Phi) is 11.8. The van der Waals surface area contributed by atoms with E-state index < -0.39 is 12.0 Å². The molecule has 2 amide bonds. The molecule has 44 heavy (non-hydrogen) atoms. The molecule has 0 aliphatic heterocycles. The third kappa shape index (κ3) is 8.84. The molecule has 0 bridgehead atoms. The quantitative estimate of drug-likeness (QED) is 0.244. The van der Waals surface area contributed by atoms with Gasteiger partial charge in [-0.2, -0.15) is 5.10 Å². The van der Waals surface area contributed by atoms with Gasteiger partial charge in [-0.3, -0.25) is 19.1 Å². The molecule has 236 valence electrons. The van der Waals surface area contributed by atoms with E-state index in [2.05, 4.69) is 15.4 Å². The molecular weight excluding hydrogens is 560 g/mol. The molecule has 10 nitrogen and oxygen atoms in total. The highest BCUT2D eigenvalue weighted by Crippen LogP contribution is 2.40. The number of aromatic nitrogens is 2. The van der Waals surface area contributed by atoms with Gasteiger partial charge >= 0.3 is 5.97 Å². The van der Waals surface area contributed by atoms with Crippen LogP contribution in [0.2, 0.25) is 0 Å². The van der Waals surface area contributed by atoms with E-state index in [1.54, 1.807) is 13.2 Å². The second-order valence-electron chi connectivity index (χ2n) is 11.6. The maximum absolute atomic E-state index is 13.6. The van der Waals surface area contributed by atoms with Gasteiger partial charge in [-0.1, -0.05) is 69.5 Å². The predicted molar refractivity (Wildman–Crippen MR) is 167 cm³/mol. The molecule has 2 aromatic carbocycles. The van der Waals surface area contributed by atoms with E-state index in [0.29, 0.717) is 30.6 Å². The van der Waals surface area contributed by atoms with E-state index in [4.69, 9.17) is 14.6 Å². The second kappa shape index (κ2) is 15.9. The topological polar surface area (TPSA) is 121 Å². The minimum absolute atomic E-state index is 0.0139. The van der Waals surface area contributed by atoms with E-state index in [0.717, 1.165) is 29.7 Å². The standard InChI is InChI=1S/C34H44N4O6/c1-23(2)26(19-31(39)35-20-32(40)43-4)36-34(41)27-18-28(38(37-27)21-24-12-7-5-8-13-24)33-29(42-3)16-11-17-30(33)44-22-25-14-9-6-10-15-25/h6,9-11,14-18,23-24,26H,5,7-8,12-13,19-22H2,1-4H3,(H,35,39)(H,36,41). The van der Waals surface area contributed by atoms with E-state index in [9.17, 15) is 14.4 Å². The fraction of sp³-hybridized carbons (Fsp3) is 0.471. The lowest BCUT2D eigenvalue weighted by molar-refractivity contribution is -0.141. The fourth-order valence-corrected chi connectivity index (χ4v) is 5.48. The molecule has 4 rings (SSSR count). The number of nitrogens with zero attached hydrogens (tertiary/aromatic N) is 2. The third-order valence-corrected chi connectivity index (χ3v) is 8.05. The molecule has 1 saturated carbocycles. The van der Waals surface area contributed by atoms with Crippen LogP contribution >= 0.6 is 0 Å². The summed E-state index contributed by atoms with van der Waals surface area (Å²) >= 11 is 0. The van der Waals surface area contributed by atoms with E-state index in [-0.39, 0.29) is 36.4 Å². The number of methoxy groups -OCH3 is 2. The first-order valence-electron chi connectivity index (χ1n) is 15.3. The summed E-state index contributed by atoms with van der Waals surface area (Å²) in [5, 5.41) is 10.3. The monoisotopic (exact) mass is 604 g/mol. The van der Waals surface area contributed by atoms with Crippen molar-refractivity contribution in [3.8, 4) is 22.8 Å². The van der Waals surface area contributed by atoms with Gasteiger partial charge < -0.3 is 24.8 Å². The van der Waals surface area contributed by atoms with Crippen LogP contribution in [0.5, 0.6) is 11.5 Å². The summed E-state index contributed by atoms with van der Waals surface area (Å²) in [4.78, 5) is 37.6. The number of nitrogens with one attached hydrogen (secondary N) is 2. The first-order valence-corrected chi connectivity index (χ1v) is 15.3. The first kappa shape index (κ1) is 32.6. The zero-order chi connectivity index (χ0) is 31.5. The largest absolute Gasteiger partial charge is 0.496 e. The number of amides is 2.